The van der Waals surface area contributed by atoms with E-state index >= 15 is 0 Å². The van der Waals surface area contributed by atoms with Crippen LogP contribution in [0.15, 0.2) is 6.20 Å². The van der Waals surface area contributed by atoms with Gasteiger partial charge in [0, 0.05) is 42.6 Å². The van der Waals surface area contributed by atoms with Gasteiger partial charge in [0.05, 0.1) is 13.2 Å². The van der Waals surface area contributed by atoms with Crippen LogP contribution in [-0.4, -0.2) is 31.3 Å². The third kappa shape index (κ3) is 4.48. The van der Waals surface area contributed by atoms with Gasteiger partial charge in [-0.1, -0.05) is 0 Å². The predicted molar refractivity (Wildman–Crippen MR) is 77.6 cm³/mol. The second-order valence-corrected chi connectivity index (χ2v) is 5.13. The molecule has 1 heterocycles. The summed E-state index contributed by atoms with van der Waals surface area (Å²) >= 11 is 0. The normalized spacial score (nSPS) is 14.2. The summed E-state index contributed by atoms with van der Waals surface area (Å²) in [4.78, 5) is 4.48. The molecule has 108 valence electrons. The summed E-state index contributed by atoms with van der Waals surface area (Å²) in [5.74, 6) is 0.919. The van der Waals surface area contributed by atoms with Gasteiger partial charge in [0.15, 0.2) is 0 Å². The van der Waals surface area contributed by atoms with Crippen LogP contribution in [-0.2, 0) is 11.2 Å². The van der Waals surface area contributed by atoms with E-state index in [0.29, 0.717) is 0 Å². The lowest BCUT2D eigenvalue weighted by molar-refractivity contribution is 0.107. The minimum Gasteiger partial charge on any atom is -0.496 e. The second-order valence-electron chi connectivity index (χ2n) is 5.13. The van der Waals surface area contributed by atoms with Crippen LogP contribution in [0.3, 0.4) is 0 Å². The van der Waals surface area contributed by atoms with E-state index in [2.05, 4.69) is 11.9 Å². The SMILES string of the molecule is COc1c(C)cnc(CC(N)CCC(C)OC)c1C. The Balaban J connectivity index is 2.67. The van der Waals surface area contributed by atoms with E-state index in [1.165, 1.54) is 0 Å². The van der Waals surface area contributed by atoms with Gasteiger partial charge in [0.25, 0.3) is 0 Å². The van der Waals surface area contributed by atoms with Crippen molar-refractivity contribution in [3.8, 4) is 5.75 Å². The van der Waals surface area contributed by atoms with Crippen molar-refractivity contribution in [2.24, 2.45) is 5.73 Å². The molecule has 0 saturated heterocycles. The molecule has 0 aliphatic heterocycles. The molecule has 2 unspecified atom stereocenters. The number of hydrogen-bond acceptors (Lipinski definition) is 4. The van der Waals surface area contributed by atoms with E-state index in [1.807, 2.05) is 20.0 Å². The molecular weight excluding hydrogens is 240 g/mol. The second kappa shape index (κ2) is 7.46. The molecule has 0 spiro atoms. The summed E-state index contributed by atoms with van der Waals surface area (Å²) in [6.45, 7) is 6.10. The van der Waals surface area contributed by atoms with Crippen LogP contribution in [0.2, 0.25) is 0 Å². The van der Waals surface area contributed by atoms with Crippen LogP contribution >= 0.6 is 0 Å². The van der Waals surface area contributed by atoms with Gasteiger partial charge >= 0.3 is 0 Å². The zero-order valence-electron chi connectivity index (χ0n) is 12.7. The maximum atomic E-state index is 6.17. The Labute approximate surface area is 116 Å². The molecule has 0 aromatic carbocycles. The zero-order chi connectivity index (χ0) is 14.4. The first-order valence-corrected chi connectivity index (χ1v) is 6.77. The number of methoxy groups -OCH3 is 2. The minimum absolute atomic E-state index is 0.108. The lowest BCUT2D eigenvalue weighted by Crippen LogP contribution is -2.25. The van der Waals surface area contributed by atoms with Crippen molar-refractivity contribution in [3.05, 3.63) is 23.0 Å². The van der Waals surface area contributed by atoms with Gasteiger partial charge in [-0.2, -0.15) is 0 Å². The van der Waals surface area contributed by atoms with E-state index < -0.39 is 0 Å². The molecule has 0 radical (unpaired) electrons. The lowest BCUT2D eigenvalue weighted by atomic mass is 10.0. The molecule has 1 aromatic heterocycles. The lowest BCUT2D eigenvalue weighted by Gasteiger charge is -2.17. The average molecular weight is 266 g/mol. The Morgan fingerprint density at radius 1 is 1.26 bits per heavy atom. The number of ether oxygens (including phenoxy) is 2. The van der Waals surface area contributed by atoms with E-state index in [0.717, 1.165) is 41.8 Å². The van der Waals surface area contributed by atoms with Crippen molar-refractivity contribution < 1.29 is 9.47 Å². The topological polar surface area (TPSA) is 57.4 Å². The fraction of sp³-hybridized carbons (Fsp3) is 0.667. The van der Waals surface area contributed by atoms with E-state index in [-0.39, 0.29) is 12.1 Å². The smallest absolute Gasteiger partial charge is 0.128 e. The largest absolute Gasteiger partial charge is 0.496 e. The molecule has 4 nitrogen and oxygen atoms in total. The number of aromatic nitrogens is 1. The Morgan fingerprint density at radius 3 is 2.53 bits per heavy atom. The molecule has 0 aliphatic rings. The molecule has 0 fully saturated rings. The average Bonchev–Trinajstić information content (AvgIpc) is 2.40. The van der Waals surface area contributed by atoms with E-state index in [9.17, 15) is 0 Å². The number of aryl methyl sites for hydroxylation is 1. The Morgan fingerprint density at radius 2 is 1.95 bits per heavy atom. The third-order valence-corrected chi connectivity index (χ3v) is 3.55. The first-order chi connectivity index (χ1) is 8.99. The van der Waals surface area contributed by atoms with Gasteiger partial charge in [-0.15, -0.1) is 0 Å². The molecule has 0 saturated carbocycles. The molecular formula is C15H26N2O2. The maximum absolute atomic E-state index is 6.17. The van der Waals surface area contributed by atoms with Crippen LogP contribution < -0.4 is 10.5 Å². The number of nitrogens with two attached hydrogens (primary N) is 1. The van der Waals surface area contributed by atoms with E-state index in [4.69, 9.17) is 15.2 Å². The fourth-order valence-electron chi connectivity index (χ4n) is 2.19. The standard InChI is InChI=1S/C15H26N2O2/c1-10-9-17-14(12(3)15(10)19-5)8-13(16)7-6-11(2)18-4/h9,11,13H,6-8,16H2,1-5H3. The highest BCUT2D eigenvalue weighted by Crippen LogP contribution is 2.24. The maximum Gasteiger partial charge on any atom is 0.128 e. The summed E-state index contributed by atoms with van der Waals surface area (Å²) in [6.07, 6.45) is 4.80. The van der Waals surface area contributed by atoms with Gasteiger partial charge in [-0.25, -0.2) is 0 Å². The van der Waals surface area contributed by atoms with Crippen LogP contribution in [0.25, 0.3) is 0 Å². The van der Waals surface area contributed by atoms with Gasteiger partial charge in [0.1, 0.15) is 5.75 Å². The van der Waals surface area contributed by atoms with Crippen molar-refractivity contribution in [3.63, 3.8) is 0 Å². The van der Waals surface area contributed by atoms with Crippen molar-refractivity contribution in [1.82, 2.24) is 4.98 Å². The predicted octanol–water partition coefficient (Wildman–Crippen LogP) is 2.39. The molecule has 2 atom stereocenters. The first-order valence-electron chi connectivity index (χ1n) is 6.77. The molecule has 0 amide bonds. The quantitative estimate of drug-likeness (QED) is 0.823. The highest BCUT2D eigenvalue weighted by molar-refractivity contribution is 5.41. The molecule has 4 heteroatoms. The fourth-order valence-corrected chi connectivity index (χ4v) is 2.19. The number of hydrogen-bond donors (Lipinski definition) is 1. The summed E-state index contributed by atoms with van der Waals surface area (Å²) in [7, 11) is 3.42. The monoisotopic (exact) mass is 266 g/mol. The van der Waals surface area contributed by atoms with Crippen molar-refractivity contribution in [2.75, 3.05) is 14.2 Å². The number of rotatable bonds is 7. The molecule has 1 rings (SSSR count). The Bertz CT molecular complexity index is 407. The first kappa shape index (κ1) is 15.9. The zero-order valence-corrected chi connectivity index (χ0v) is 12.7. The molecule has 0 aliphatic carbocycles. The van der Waals surface area contributed by atoms with Gasteiger partial charge in [-0.3, -0.25) is 4.98 Å². The summed E-state index contributed by atoms with van der Waals surface area (Å²) in [5.41, 5.74) is 9.35. The number of nitrogens with zero attached hydrogens (tertiary/aromatic N) is 1. The Kier molecular flexibility index (Phi) is 6.25. The van der Waals surface area contributed by atoms with Gasteiger partial charge < -0.3 is 15.2 Å². The number of pyridine rings is 1. The van der Waals surface area contributed by atoms with Crippen molar-refractivity contribution in [1.29, 1.82) is 0 Å². The van der Waals surface area contributed by atoms with E-state index in [1.54, 1.807) is 14.2 Å². The molecule has 19 heavy (non-hydrogen) atoms. The van der Waals surface area contributed by atoms with Crippen molar-refractivity contribution >= 4 is 0 Å². The highest BCUT2D eigenvalue weighted by Gasteiger charge is 2.13. The minimum atomic E-state index is 0.108. The van der Waals surface area contributed by atoms with Crippen molar-refractivity contribution in [2.45, 2.75) is 52.2 Å². The van der Waals surface area contributed by atoms with Crippen LogP contribution in [0.1, 0.15) is 36.6 Å². The molecule has 1 aromatic rings. The summed E-state index contributed by atoms with van der Waals surface area (Å²) < 4.78 is 10.6. The van der Waals surface area contributed by atoms with Crippen LogP contribution in [0, 0.1) is 13.8 Å². The van der Waals surface area contributed by atoms with Gasteiger partial charge in [0.2, 0.25) is 0 Å². The Hall–Kier alpha value is -1.13. The summed E-state index contributed by atoms with van der Waals surface area (Å²) in [5, 5.41) is 0. The third-order valence-electron chi connectivity index (χ3n) is 3.55. The highest BCUT2D eigenvalue weighted by atomic mass is 16.5. The van der Waals surface area contributed by atoms with Crippen LogP contribution in [0.4, 0.5) is 0 Å². The van der Waals surface area contributed by atoms with Gasteiger partial charge in [-0.05, 0) is 33.6 Å². The summed E-state index contributed by atoms with van der Waals surface area (Å²) in [6, 6.07) is 0.108. The molecule has 0 bridgehead atoms. The molecule has 2 N–H and O–H groups in total. The van der Waals surface area contributed by atoms with Crippen LogP contribution in [0.5, 0.6) is 5.75 Å².